The van der Waals surface area contributed by atoms with Crippen molar-refractivity contribution in [3.05, 3.63) is 35.4 Å². The van der Waals surface area contributed by atoms with Crippen LogP contribution in [0.5, 0.6) is 0 Å². The summed E-state index contributed by atoms with van der Waals surface area (Å²) < 4.78 is 10.4. The molecule has 0 spiro atoms. The van der Waals surface area contributed by atoms with Crippen molar-refractivity contribution in [1.82, 2.24) is 4.90 Å². The molecule has 0 aliphatic carbocycles. The zero-order chi connectivity index (χ0) is 15.9. The minimum atomic E-state index is -0.942. The average Bonchev–Trinajstić information content (AvgIpc) is 2.47. The van der Waals surface area contributed by atoms with Crippen LogP contribution >= 0.6 is 0 Å². The molecule has 1 aromatic carbocycles. The standard InChI is InChI=1S/C16H21NO5/c1-21-8-9-22-14-10-17(11-14)15(18)7-4-12-2-5-13(6-3-12)16(19)20/h2-3,5-6,14H,4,7-11H2,1H3,(H,19,20). The summed E-state index contributed by atoms with van der Waals surface area (Å²) in [5.74, 6) is -0.836. The van der Waals surface area contributed by atoms with Gasteiger partial charge in [-0.1, -0.05) is 12.1 Å². The topological polar surface area (TPSA) is 76.1 Å². The van der Waals surface area contributed by atoms with Crippen LogP contribution in [0.25, 0.3) is 0 Å². The van der Waals surface area contributed by atoms with Crippen LogP contribution in [0.2, 0.25) is 0 Å². The molecule has 0 unspecified atom stereocenters. The smallest absolute Gasteiger partial charge is 0.335 e. The third-order valence-corrected chi connectivity index (χ3v) is 3.67. The number of carboxylic acids is 1. The first-order chi connectivity index (χ1) is 10.6. The van der Waals surface area contributed by atoms with Gasteiger partial charge in [0, 0.05) is 26.6 Å². The monoisotopic (exact) mass is 307 g/mol. The van der Waals surface area contributed by atoms with Gasteiger partial charge in [0.15, 0.2) is 0 Å². The number of aromatic carboxylic acids is 1. The molecule has 6 nitrogen and oxygen atoms in total. The van der Waals surface area contributed by atoms with Crippen LogP contribution in [-0.2, 0) is 20.7 Å². The Hall–Kier alpha value is -1.92. The summed E-state index contributed by atoms with van der Waals surface area (Å²) in [6.07, 6.45) is 1.16. The number of rotatable bonds is 8. The number of methoxy groups -OCH3 is 1. The van der Waals surface area contributed by atoms with Crippen molar-refractivity contribution in [3.8, 4) is 0 Å². The second kappa shape index (κ2) is 7.91. The number of hydrogen-bond acceptors (Lipinski definition) is 4. The maximum absolute atomic E-state index is 12.0. The molecular weight excluding hydrogens is 286 g/mol. The molecule has 1 aliphatic rings. The molecule has 6 heteroatoms. The van der Waals surface area contributed by atoms with Crippen molar-refractivity contribution >= 4 is 11.9 Å². The van der Waals surface area contributed by atoms with Crippen molar-refractivity contribution in [2.24, 2.45) is 0 Å². The normalized spacial score (nSPS) is 14.7. The highest BCUT2D eigenvalue weighted by atomic mass is 16.5. The highest BCUT2D eigenvalue weighted by Crippen LogP contribution is 2.15. The van der Waals surface area contributed by atoms with E-state index in [2.05, 4.69) is 0 Å². The van der Waals surface area contributed by atoms with Crippen molar-refractivity contribution < 1.29 is 24.2 Å². The van der Waals surface area contributed by atoms with Gasteiger partial charge in [-0.25, -0.2) is 4.79 Å². The summed E-state index contributed by atoms with van der Waals surface area (Å²) in [5, 5.41) is 8.83. The van der Waals surface area contributed by atoms with E-state index in [9.17, 15) is 9.59 Å². The first-order valence-electron chi connectivity index (χ1n) is 7.30. The number of carbonyl (C=O) groups is 2. The van der Waals surface area contributed by atoms with Crippen LogP contribution < -0.4 is 0 Å². The fourth-order valence-corrected chi connectivity index (χ4v) is 2.27. The molecule has 0 saturated carbocycles. The molecule has 0 bridgehead atoms. The first kappa shape index (κ1) is 16.5. The molecule has 0 radical (unpaired) electrons. The number of benzene rings is 1. The lowest BCUT2D eigenvalue weighted by Gasteiger charge is -2.39. The van der Waals surface area contributed by atoms with Gasteiger partial charge in [-0.15, -0.1) is 0 Å². The zero-order valence-electron chi connectivity index (χ0n) is 12.7. The second-order valence-electron chi connectivity index (χ2n) is 5.29. The summed E-state index contributed by atoms with van der Waals surface area (Å²) in [6, 6.07) is 6.63. The Labute approximate surface area is 129 Å². The third-order valence-electron chi connectivity index (χ3n) is 3.67. The van der Waals surface area contributed by atoms with Crippen molar-refractivity contribution in [2.75, 3.05) is 33.4 Å². The minimum absolute atomic E-state index is 0.105. The van der Waals surface area contributed by atoms with E-state index in [0.29, 0.717) is 39.1 Å². The highest BCUT2D eigenvalue weighted by molar-refractivity contribution is 5.87. The number of carbonyl (C=O) groups excluding carboxylic acids is 1. The predicted octanol–water partition coefficient (Wildman–Crippen LogP) is 1.19. The maximum Gasteiger partial charge on any atom is 0.335 e. The van der Waals surface area contributed by atoms with Crippen LogP contribution in [0.15, 0.2) is 24.3 Å². The molecule has 1 fully saturated rings. The lowest BCUT2D eigenvalue weighted by Crippen LogP contribution is -2.55. The van der Waals surface area contributed by atoms with E-state index in [-0.39, 0.29) is 17.6 Å². The third kappa shape index (κ3) is 4.54. The van der Waals surface area contributed by atoms with Crippen LogP contribution in [0.3, 0.4) is 0 Å². The van der Waals surface area contributed by atoms with E-state index in [1.54, 1.807) is 36.3 Å². The Kier molecular flexibility index (Phi) is 5.91. The molecule has 1 saturated heterocycles. The second-order valence-corrected chi connectivity index (χ2v) is 5.29. The fraction of sp³-hybridized carbons (Fsp3) is 0.500. The van der Waals surface area contributed by atoms with Crippen molar-refractivity contribution in [3.63, 3.8) is 0 Å². The van der Waals surface area contributed by atoms with E-state index in [4.69, 9.17) is 14.6 Å². The summed E-state index contributed by atoms with van der Waals surface area (Å²) in [7, 11) is 1.63. The Balaban J connectivity index is 1.67. The van der Waals surface area contributed by atoms with Gasteiger partial charge in [0.2, 0.25) is 5.91 Å². The number of ether oxygens (including phenoxy) is 2. The van der Waals surface area contributed by atoms with Crippen LogP contribution in [0.4, 0.5) is 0 Å². The van der Waals surface area contributed by atoms with Gasteiger partial charge in [-0.05, 0) is 24.1 Å². The molecule has 2 rings (SSSR count). The molecule has 1 aliphatic heterocycles. The number of hydrogen-bond donors (Lipinski definition) is 1. The minimum Gasteiger partial charge on any atom is -0.478 e. The fourth-order valence-electron chi connectivity index (χ4n) is 2.27. The molecule has 1 amide bonds. The lowest BCUT2D eigenvalue weighted by atomic mass is 10.1. The summed E-state index contributed by atoms with van der Waals surface area (Å²) >= 11 is 0. The van der Waals surface area contributed by atoms with E-state index >= 15 is 0 Å². The molecule has 120 valence electrons. The van der Waals surface area contributed by atoms with Gasteiger partial charge in [0.05, 0.1) is 24.9 Å². The highest BCUT2D eigenvalue weighted by Gasteiger charge is 2.30. The SMILES string of the molecule is COCCOC1CN(C(=O)CCc2ccc(C(=O)O)cc2)C1. The van der Waals surface area contributed by atoms with Gasteiger partial charge < -0.3 is 19.5 Å². The van der Waals surface area contributed by atoms with Gasteiger partial charge >= 0.3 is 5.97 Å². The molecular formula is C16H21NO5. The van der Waals surface area contributed by atoms with Gasteiger partial charge in [-0.2, -0.15) is 0 Å². The molecule has 1 heterocycles. The summed E-state index contributed by atoms with van der Waals surface area (Å²) in [4.78, 5) is 24.5. The van der Waals surface area contributed by atoms with Gasteiger partial charge in [0.25, 0.3) is 0 Å². The van der Waals surface area contributed by atoms with Crippen molar-refractivity contribution in [1.29, 1.82) is 0 Å². The Morgan fingerprint density at radius 2 is 1.91 bits per heavy atom. The van der Waals surface area contributed by atoms with Crippen LogP contribution in [-0.4, -0.2) is 61.4 Å². The number of amides is 1. The average molecular weight is 307 g/mol. The van der Waals surface area contributed by atoms with Gasteiger partial charge in [0.1, 0.15) is 0 Å². The quantitative estimate of drug-likeness (QED) is 0.730. The van der Waals surface area contributed by atoms with Crippen LogP contribution in [0.1, 0.15) is 22.3 Å². The van der Waals surface area contributed by atoms with E-state index in [1.807, 2.05) is 0 Å². The van der Waals surface area contributed by atoms with Crippen molar-refractivity contribution in [2.45, 2.75) is 18.9 Å². The number of carboxylic acid groups (broad SMARTS) is 1. The molecule has 1 N–H and O–H groups in total. The molecule has 0 atom stereocenters. The molecule has 1 aromatic rings. The Bertz CT molecular complexity index is 508. The summed E-state index contributed by atoms with van der Waals surface area (Å²) in [5.41, 5.74) is 1.22. The van der Waals surface area contributed by atoms with E-state index in [1.165, 1.54) is 0 Å². The Morgan fingerprint density at radius 3 is 2.50 bits per heavy atom. The van der Waals surface area contributed by atoms with Gasteiger partial charge in [-0.3, -0.25) is 4.79 Å². The Morgan fingerprint density at radius 1 is 1.23 bits per heavy atom. The zero-order valence-corrected chi connectivity index (χ0v) is 12.7. The summed E-state index contributed by atoms with van der Waals surface area (Å²) in [6.45, 7) is 2.40. The predicted molar refractivity (Wildman–Crippen MR) is 79.9 cm³/mol. The molecule has 22 heavy (non-hydrogen) atoms. The number of aryl methyl sites for hydroxylation is 1. The lowest BCUT2D eigenvalue weighted by molar-refractivity contribution is -0.145. The number of nitrogens with zero attached hydrogens (tertiary/aromatic N) is 1. The molecule has 0 aromatic heterocycles. The van der Waals surface area contributed by atoms with E-state index < -0.39 is 5.97 Å². The van der Waals surface area contributed by atoms with Crippen LogP contribution in [0, 0.1) is 0 Å². The largest absolute Gasteiger partial charge is 0.478 e. The van der Waals surface area contributed by atoms with E-state index in [0.717, 1.165) is 5.56 Å². The maximum atomic E-state index is 12.0. The number of likely N-dealkylation sites (tertiary alicyclic amines) is 1. The first-order valence-corrected chi connectivity index (χ1v) is 7.30.